The number of thiophene rings is 1. The maximum atomic E-state index is 14.0. The van der Waals surface area contributed by atoms with E-state index in [0.29, 0.717) is 44.9 Å². The van der Waals surface area contributed by atoms with Gasteiger partial charge in [0.2, 0.25) is 0 Å². The van der Waals surface area contributed by atoms with Crippen LogP contribution in [-0.2, 0) is 17.8 Å². The lowest BCUT2D eigenvalue weighted by molar-refractivity contribution is 0.00200. The normalized spacial score (nSPS) is 15.5. The summed E-state index contributed by atoms with van der Waals surface area (Å²) >= 11 is 8.76. The number of ketones is 1. The fourth-order valence-corrected chi connectivity index (χ4v) is 6.47. The zero-order chi connectivity index (χ0) is 24.7. The zero-order valence-corrected chi connectivity index (χ0v) is 22.1. The number of thioether (sulfide) groups is 1. The number of rotatable bonds is 6. The van der Waals surface area contributed by atoms with Crippen LogP contribution in [0.25, 0.3) is 15.9 Å². The van der Waals surface area contributed by atoms with E-state index in [1.807, 2.05) is 31.2 Å². The highest BCUT2D eigenvalue weighted by molar-refractivity contribution is 7.99. The van der Waals surface area contributed by atoms with Gasteiger partial charge >= 0.3 is 0 Å². The van der Waals surface area contributed by atoms with Crippen LogP contribution in [-0.4, -0.2) is 27.2 Å². The van der Waals surface area contributed by atoms with Gasteiger partial charge in [-0.2, -0.15) is 0 Å². The highest BCUT2D eigenvalue weighted by atomic mass is 35.5. The largest absolute Gasteiger partial charge is 0.372 e. The number of hydrogen-bond acceptors (Lipinski definition) is 6. The summed E-state index contributed by atoms with van der Waals surface area (Å²) in [6, 6.07) is 14.6. The van der Waals surface area contributed by atoms with Crippen LogP contribution in [0.15, 0.2) is 58.5 Å². The molecule has 0 bridgehead atoms. The van der Waals surface area contributed by atoms with Gasteiger partial charge in [0.25, 0.3) is 5.56 Å². The van der Waals surface area contributed by atoms with Gasteiger partial charge < -0.3 is 4.74 Å². The van der Waals surface area contributed by atoms with E-state index in [2.05, 4.69) is 13.8 Å². The fraction of sp³-hybridized carbons (Fsp3) is 0.296. The number of Topliss-reactive ketones (excluding diaryl/α,β-unsaturated/α-hetero) is 1. The molecule has 4 aromatic rings. The van der Waals surface area contributed by atoms with Gasteiger partial charge in [-0.25, -0.2) is 4.98 Å². The SMILES string of the molecule is Cc1cccc(-n2c(SCC(=O)c3ccc(Cl)cc3)nc3sc4c(c3c2=O)CC(C(C)C)OC4)c1. The lowest BCUT2D eigenvalue weighted by Crippen LogP contribution is -2.28. The summed E-state index contributed by atoms with van der Waals surface area (Å²) in [5.41, 5.74) is 3.34. The molecule has 1 aliphatic rings. The Bertz CT molecular complexity index is 1470. The van der Waals surface area contributed by atoms with E-state index in [1.54, 1.807) is 28.8 Å². The molecule has 1 aliphatic heterocycles. The fourth-order valence-electron chi connectivity index (χ4n) is 4.28. The van der Waals surface area contributed by atoms with E-state index >= 15 is 0 Å². The van der Waals surface area contributed by atoms with Crippen LogP contribution < -0.4 is 5.56 Å². The van der Waals surface area contributed by atoms with Gasteiger partial charge in [-0.3, -0.25) is 14.2 Å². The molecule has 0 aliphatic carbocycles. The molecule has 8 heteroatoms. The summed E-state index contributed by atoms with van der Waals surface area (Å²) in [4.78, 5) is 33.5. The number of benzene rings is 2. The first-order valence-electron chi connectivity index (χ1n) is 11.5. The van der Waals surface area contributed by atoms with Crippen LogP contribution in [0, 0.1) is 12.8 Å². The third-order valence-corrected chi connectivity index (χ3v) is 8.50. The molecule has 0 saturated carbocycles. The van der Waals surface area contributed by atoms with Crippen molar-refractivity contribution in [2.24, 2.45) is 5.92 Å². The van der Waals surface area contributed by atoms with Crippen molar-refractivity contribution in [2.75, 3.05) is 5.75 Å². The summed E-state index contributed by atoms with van der Waals surface area (Å²) < 4.78 is 7.70. The average Bonchev–Trinajstić information content (AvgIpc) is 3.20. The lowest BCUT2D eigenvalue weighted by Gasteiger charge is -2.26. The van der Waals surface area contributed by atoms with Gasteiger partial charge in [0.05, 0.1) is 29.5 Å². The van der Waals surface area contributed by atoms with Crippen LogP contribution in [0.1, 0.15) is 40.2 Å². The highest BCUT2D eigenvalue weighted by Crippen LogP contribution is 2.36. The number of nitrogens with zero attached hydrogens (tertiary/aromatic N) is 2. The number of hydrogen-bond donors (Lipinski definition) is 0. The molecule has 1 unspecified atom stereocenters. The average molecular weight is 525 g/mol. The van der Waals surface area contributed by atoms with E-state index in [0.717, 1.165) is 21.7 Å². The zero-order valence-electron chi connectivity index (χ0n) is 19.7. The van der Waals surface area contributed by atoms with Crippen LogP contribution in [0.5, 0.6) is 0 Å². The van der Waals surface area contributed by atoms with E-state index in [-0.39, 0.29) is 23.2 Å². The van der Waals surface area contributed by atoms with Crippen LogP contribution in [0.3, 0.4) is 0 Å². The van der Waals surface area contributed by atoms with Crippen LogP contribution >= 0.6 is 34.7 Å². The molecule has 180 valence electrons. The Morgan fingerprint density at radius 3 is 2.74 bits per heavy atom. The molecule has 2 aromatic heterocycles. The van der Waals surface area contributed by atoms with Crippen LogP contribution in [0.2, 0.25) is 5.02 Å². The Morgan fingerprint density at radius 1 is 1.26 bits per heavy atom. The summed E-state index contributed by atoms with van der Waals surface area (Å²) in [6.07, 6.45) is 0.789. The van der Waals surface area contributed by atoms with Crippen molar-refractivity contribution in [1.29, 1.82) is 0 Å². The predicted octanol–water partition coefficient (Wildman–Crippen LogP) is 6.48. The molecule has 5 rings (SSSR count). The Hall–Kier alpha value is -2.45. The molecule has 35 heavy (non-hydrogen) atoms. The van der Waals surface area contributed by atoms with Gasteiger partial charge in [0.1, 0.15) is 4.83 Å². The van der Waals surface area contributed by atoms with Crippen molar-refractivity contribution >= 4 is 50.7 Å². The molecule has 0 spiro atoms. The molecule has 0 radical (unpaired) electrons. The van der Waals surface area contributed by atoms with Gasteiger partial charge in [-0.05, 0) is 60.4 Å². The van der Waals surface area contributed by atoms with Crippen LogP contribution in [0.4, 0.5) is 0 Å². The molecule has 0 N–H and O–H groups in total. The number of aromatic nitrogens is 2. The highest BCUT2D eigenvalue weighted by Gasteiger charge is 2.29. The molecule has 0 saturated heterocycles. The second-order valence-electron chi connectivity index (χ2n) is 9.07. The monoisotopic (exact) mass is 524 g/mol. The van der Waals surface area contributed by atoms with Crippen molar-refractivity contribution in [3.63, 3.8) is 0 Å². The van der Waals surface area contributed by atoms with Gasteiger partial charge in [-0.1, -0.05) is 49.3 Å². The molecular weight excluding hydrogens is 500 g/mol. The predicted molar refractivity (Wildman–Crippen MR) is 144 cm³/mol. The van der Waals surface area contributed by atoms with Gasteiger partial charge in [0.15, 0.2) is 10.9 Å². The summed E-state index contributed by atoms with van der Waals surface area (Å²) in [5.74, 6) is 0.476. The molecule has 2 aromatic carbocycles. The minimum atomic E-state index is -0.0936. The summed E-state index contributed by atoms with van der Waals surface area (Å²) in [6.45, 7) is 6.77. The third kappa shape index (κ3) is 4.83. The van der Waals surface area contributed by atoms with Crippen molar-refractivity contribution < 1.29 is 9.53 Å². The van der Waals surface area contributed by atoms with Crippen molar-refractivity contribution in [3.8, 4) is 5.69 Å². The Morgan fingerprint density at radius 2 is 2.03 bits per heavy atom. The number of fused-ring (bicyclic) bond motifs is 3. The van der Waals surface area contributed by atoms with Crippen molar-refractivity contribution in [2.45, 2.75) is 45.1 Å². The first kappa shape index (κ1) is 24.3. The van der Waals surface area contributed by atoms with Crippen molar-refractivity contribution in [3.05, 3.63) is 85.5 Å². The third-order valence-electron chi connectivity index (χ3n) is 6.21. The molecule has 0 amide bonds. The smallest absolute Gasteiger partial charge is 0.267 e. The quantitative estimate of drug-likeness (QED) is 0.164. The molecule has 0 fully saturated rings. The Labute approximate surface area is 217 Å². The standard InChI is InChI=1S/C27H25ClN2O3S2/c1-15(2)22-12-20-23(13-33-22)35-25-24(20)26(32)30(19-6-4-5-16(3)11-19)27(29-25)34-14-21(31)17-7-9-18(28)10-8-17/h4-11,15,22H,12-14H2,1-3H3. The Balaban J connectivity index is 1.60. The number of aryl methyl sites for hydroxylation is 1. The lowest BCUT2D eigenvalue weighted by atomic mass is 9.96. The van der Waals surface area contributed by atoms with Crippen molar-refractivity contribution in [1.82, 2.24) is 9.55 Å². The van der Waals surface area contributed by atoms with E-state index in [1.165, 1.54) is 23.1 Å². The molecular formula is C27H25ClN2O3S2. The number of halogens is 1. The maximum Gasteiger partial charge on any atom is 0.267 e. The first-order chi connectivity index (χ1) is 16.8. The topological polar surface area (TPSA) is 61.2 Å². The minimum absolute atomic E-state index is 0.0459. The first-order valence-corrected chi connectivity index (χ1v) is 13.7. The van der Waals surface area contributed by atoms with E-state index in [4.69, 9.17) is 21.3 Å². The second kappa shape index (κ2) is 9.90. The van der Waals surface area contributed by atoms with Gasteiger partial charge in [-0.15, -0.1) is 11.3 Å². The number of ether oxygens (including phenoxy) is 1. The number of carbonyl (C=O) groups is 1. The minimum Gasteiger partial charge on any atom is -0.372 e. The van der Waals surface area contributed by atoms with E-state index in [9.17, 15) is 9.59 Å². The molecule has 3 heterocycles. The number of carbonyl (C=O) groups excluding carboxylic acids is 1. The van der Waals surface area contributed by atoms with E-state index < -0.39 is 0 Å². The summed E-state index contributed by atoms with van der Waals surface area (Å²) in [7, 11) is 0. The Kier molecular flexibility index (Phi) is 6.86. The molecule has 5 nitrogen and oxygen atoms in total. The molecule has 1 atom stereocenters. The van der Waals surface area contributed by atoms with Gasteiger partial charge in [0, 0.05) is 21.9 Å². The second-order valence-corrected chi connectivity index (χ2v) is 11.5. The maximum absolute atomic E-state index is 14.0. The summed E-state index contributed by atoms with van der Waals surface area (Å²) in [5, 5.41) is 1.77.